The number of pyridine rings is 2. The van der Waals surface area contributed by atoms with Crippen molar-refractivity contribution in [3.8, 4) is 0 Å². The fourth-order valence-electron chi connectivity index (χ4n) is 6.38. The van der Waals surface area contributed by atoms with Crippen molar-refractivity contribution in [1.29, 1.82) is 0 Å². The molecule has 5 nitrogen and oxygen atoms in total. The predicted molar refractivity (Wildman–Crippen MR) is 176 cm³/mol. The van der Waals surface area contributed by atoms with Crippen molar-refractivity contribution >= 4 is 0 Å². The number of hydrogen-bond donors (Lipinski definition) is 1. The topological polar surface area (TPSA) is 61.2 Å². The molecule has 0 saturated heterocycles. The molecular weight excluding hydrogens is 518 g/mol. The third-order valence-electron chi connectivity index (χ3n) is 9.47. The Morgan fingerprint density at radius 3 is 1.98 bits per heavy atom. The van der Waals surface area contributed by atoms with E-state index in [-0.39, 0.29) is 21.7 Å². The van der Waals surface area contributed by atoms with Crippen LogP contribution < -0.4 is 10.3 Å². The van der Waals surface area contributed by atoms with Gasteiger partial charge >= 0.3 is 0 Å². The maximum Gasteiger partial charge on any atom is 0.171 e. The van der Waals surface area contributed by atoms with Crippen LogP contribution in [0.5, 0.6) is 0 Å². The Kier molecular flexibility index (Phi) is 15.1. The molecule has 2 N–H and O–H groups in total. The van der Waals surface area contributed by atoms with Crippen LogP contribution in [0, 0.1) is 21.7 Å². The second kappa shape index (κ2) is 17.5. The second-order valence-electron chi connectivity index (χ2n) is 14.8. The lowest BCUT2D eigenvalue weighted by Crippen LogP contribution is -2.44. The van der Waals surface area contributed by atoms with Crippen LogP contribution in [0.15, 0.2) is 49.1 Å². The van der Waals surface area contributed by atoms with E-state index in [2.05, 4.69) is 95.5 Å². The van der Waals surface area contributed by atoms with Gasteiger partial charge in [0.25, 0.3) is 0 Å². The highest BCUT2D eigenvalue weighted by Gasteiger charge is 2.36. The van der Waals surface area contributed by atoms with Gasteiger partial charge in [0.1, 0.15) is 0 Å². The molecule has 5 heteroatoms. The number of nitrogens with zero attached hydrogens (tertiary/aromatic N) is 2. The average Bonchev–Trinajstić information content (AvgIpc) is 2.97. The van der Waals surface area contributed by atoms with E-state index in [1.165, 1.54) is 11.1 Å². The van der Waals surface area contributed by atoms with Gasteiger partial charge in [-0.15, -0.1) is 0 Å². The highest BCUT2D eigenvalue weighted by atomic mass is 16.5. The zero-order valence-corrected chi connectivity index (χ0v) is 28.5. The van der Waals surface area contributed by atoms with Gasteiger partial charge in [-0.25, -0.2) is 4.57 Å². The quantitative estimate of drug-likeness (QED) is 0.113. The number of aryl methyl sites for hydroxylation is 2. The summed E-state index contributed by atoms with van der Waals surface area (Å²) in [6, 6.07) is 8.61. The van der Waals surface area contributed by atoms with Gasteiger partial charge < -0.3 is 15.2 Å². The molecule has 2 aromatic rings. The van der Waals surface area contributed by atoms with Crippen molar-refractivity contribution in [2.75, 3.05) is 33.0 Å². The molecule has 0 aliphatic rings. The third-order valence-corrected chi connectivity index (χ3v) is 9.47. The van der Waals surface area contributed by atoms with Crippen molar-refractivity contribution < 1.29 is 14.0 Å². The van der Waals surface area contributed by atoms with Crippen LogP contribution in [0.25, 0.3) is 0 Å². The van der Waals surface area contributed by atoms with Crippen LogP contribution in [0.3, 0.4) is 0 Å². The fourth-order valence-corrected chi connectivity index (χ4v) is 6.38. The van der Waals surface area contributed by atoms with Gasteiger partial charge in [-0.3, -0.25) is 4.98 Å². The number of rotatable bonds is 22. The molecule has 0 amide bonds. The fraction of sp³-hybridized carbons (Fsp3) is 0.730. The molecule has 0 spiro atoms. The van der Waals surface area contributed by atoms with E-state index in [1.54, 1.807) is 0 Å². The summed E-state index contributed by atoms with van der Waals surface area (Å²) in [5.41, 5.74) is 9.44. The summed E-state index contributed by atoms with van der Waals surface area (Å²) < 4.78 is 14.8. The maximum absolute atomic E-state index is 6.25. The van der Waals surface area contributed by atoms with Gasteiger partial charge in [0.05, 0.1) is 13.2 Å². The van der Waals surface area contributed by atoms with Gasteiger partial charge in [-0.05, 0) is 98.3 Å². The molecule has 0 saturated carbocycles. The summed E-state index contributed by atoms with van der Waals surface area (Å²) in [4.78, 5) is 4.22. The van der Waals surface area contributed by atoms with E-state index in [9.17, 15) is 0 Å². The lowest BCUT2D eigenvalue weighted by atomic mass is 9.70. The Hall–Kier alpha value is -1.82. The highest BCUT2D eigenvalue weighted by molar-refractivity contribution is 5.08. The molecule has 0 radical (unpaired) electrons. The van der Waals surface area contributed by atoms with Gasteiger partial charge in [0, 0.05) is 42.7 Å². The molecule has 2 rings (SSSR count). The summed E-state index contributed by atoms with van der Waals surface area (Å²) in [7, 11) is 0. The van der Waals surface area contributed by atoms with Gasteiger partial charge in [0.2, 0.25) is 0 Å². The average molecular weight is 583 g/mol. The van der Waals surface area contributed by atoms with Crippen LogP contribution >= 0.6 is 0 Å². The summed E-state index contributed by atoms with van der Waals surface area (Å²) in [6.07, 6.45) is 18.1. The zero-order chi connectivity index (χ0) is 31.1. The second-order valence-corrected chi connectivity index (χ2v) is 14.8. The van der Waals surface area contributed by atoms with E-state index in [0.29, 0.717) is 0 Å². The van der Waals surface area contributed by atoms with Gasteiger partial charge in [-0.1, -0.05) is 61.5 Å². The lowest BCUT2D eigenvalue weighted by molar-refractivity contribution is -0.710. The summed E-state index contributed by atoms with van der Waals surface area (Å²) >= 11 is 0. The van der Waals surface area contributed by atoms with Crippen LogP contribution in [-0.4, -0.2) is 38.0 Å². The summed E-state index contributed by atoms with van der Waals surface area (Å²) in [5.74, 6) is 0. The minimum atomic E-state index is 0.141. The first-order valence-electron chi connectivity index (χ1n) is 16.6. The van der Waals surface area contributed by atoms with Gasteiger partial charge in [0.15, 0.2) is 18.9 Å². The Bertz CT molecular complexity index is 1010. The van der Waals surface area contributed by atoms with E-state index in [4.69, 9.17) is 15.2 Å². The van der Waals surface area contributed by atoms with Crippen molar-refractivity contribution in [2.24, 2.45) is 27.4 Å². The van der Waals surface area contributed by atoms with E-state index in [0.717, 1.165) is 97.3 Å². The van der Waals surface area contributed by atoms with Gasteiger partial charge in [-0.2, -0.15) is 0 Å². The molecule has 0 aromatic carbocycles. The third kappa shape index (κ3) is 13.2. The zero-order valence-electron chi connectivity index (χ0n) is 28.5. The van der Waals surface area contributed by atoms with Crippen LogP contribution in [0.4, 0.5) is 0 Å². The molecular formula is C37H64N3O2+. The highest BCUT2D eigenvalue weighted by Crippen LogP contribution is 2.39. The van der Waals surface area contributed by atoms with Crippen LogP contribution in [0.1, 0.15) is 111 Å². The number of aromatic nitrogens is 2. The molecule has 42 heavy (non-hydrogen) atoms. The number of nitrogens with two attached hydrogens (primary N) is 1. The first-order chi connectivity index (χ1) is 19.9. The first kappa shape index (κ1) is 36.4. The Morgan fingerprint density at radius 1 is 0.762 bits per heavy atom. The SMILES string of the molecule is CCC(C)(CN)CC(C)(C)COCCCc1ccc[n+](CC(C)(CC)CC(C)(CC)COCCCc2cccnc2)c1. The van der Waals surface area contributed by atoms with Crippen molar-refractivity contribution in [3.63, 3.8) is 0 Å². The Morgan fingerprint density at radius 2 is 1.38 bits per heavy atom. The molecule has 2 aromatic heterocycles. The number of hydrogen-bond acceptors (Lipinski definition) is 4. The molecule has 0 fully saturated rings. The molecule has 0 aliphatic carbocycles. The summed E-state index contributed by atoms with van der Waals surface area (Å²) in [5, 5.41) is 0. The molecule has 3 atom stereocenters. The normalized spacial score (nSPS) is 16.5. The smallest absolute Gasteiger partial charge is 0.171 e. The number of ether oxygens (including phenoxy) is 2. The van der Waals surface area contributed by atoms with Crippen LogP contribution in [-0.2, 0) is 28.9 Å². The van der Waals surface area contributed by atoms with Crippen molar-refractivity contribution in [1.82, 2.24) is 4.98 Å². The minimum Gasteiger partial charge on any atom is -0.381 e. The molecule has 238 valence electrons. The molecule has 0 aliphatic heterocycles. The molecule has 0 bridgehead atoms. The minimum absolute atomic E-state index is 0.141. The largest absolute Gasteiger partial charge is 0.381 e. The first-order valence-corrected chi connectivity index (χ1v) is 16.6. The predicted octanol–water partition coefficient (Wildman–Crippen LogP) is 7.98. The maximum atomic E-state index is 6.25. The lowest BCUT2D eigenvalue weighted by Gasteiger charge is -2.37. The standard InChI is InChI=1S/C37H64N3O2/c1-9-35(6,28-38)26-34(4,5)30-41-22-15-19-33-17-13-21-40(25-33)29-36(7,10-2)27-37(8,11-3)31-42-23-14-18-32-16-12-20-39-24-32/h12-13,16-17,20-21,24-25H,9-11,14-15,18-19,22-23,26-31,38H2,1-8H3/q+1. The monoisotopic (exact) mass is 582 g/mol. The van der Waals surface area contributed by atoms with Crippen LogP contribution in [0.2, 0.25) is 0 Å². The van der Waals surface area contributed by atoms with Crippen molar-refractivity contribution in [3.05, 3.63) is 60.2 Å². The Balaban J connectivity index is 1.82. The van der Waals surface area contributed by atoms with E-state index < -0.39 is 0 Å². The van der Waals surface area contributed by atoms with E-state index >= 15 is 0 Å². The molecule has 3 unspecified atom stereocenters. The van der Waals surface area contributed by atoms with Crippen molar-refractivity contribution in [2.45, 2.75) is 120 Å². The summed E-state index contributed by atoms with van der Waals surface area (Å²) in [6.45, 7) is 23.6. The Labute approximate surface area is 259 Å². The van der Waals surface area contributed by atoms with E-state index in [1.807, 2.05) is 18.5 Å². The molecule has 2 heterocycles.